The first-order valence-electron chi connectivity index (χ1n) is 8.30. The molecule has 0 saturated heterocycles. The van der Waals surface area contributed by atoms with Gasteiger partial charge in [-0.1, -0.05) is 65.0 Å². The summed E-state index contributed by atoms with van der Waals surface area (Å²) < 4.78 is 6.15. The van der Waals surface area contributed by atoms with Gasteiger partial charge in [0.25, 0.3) is 0 Å². The number of benzene rings is 2. The van der Waals surface area contributed by atoms with Crippen molar-refractivity contribution in [2.75, 3.05) is 0 Å². The average molecular weight is 451 g/mol. The first-order chi connectivity index (χ1) is 13.5. The number of esters is 1. The molecule has 0 aliphatic rings. The van der Waals surface area contributed by atoms with Crippen LogP contribution in [0.4, 0.5) is 0 Å². The zero-order valence-electron chi connectivity index (χ0n) is 15.0. The Morgan fingerprint density at radius 1 is 1.25 bits per heavy atom. The molecule has 0 bridgehead atoms. The van der Waals surface area contributed by atoms with Gasteiger partial charge in [-0.3, -0.25) is 0 Å². The topological polar surface area (TPSA) is 63.0 Å². The summed E-state index contributed by atoms with van der Waals surface area (Å²) in [5, 5.41) is 12.2. The molecule has 0 radical (unpaired) electrons. The van der Waals surface area contributed by atoms with E-state index in [1.165, 1.54) is 11.3 Å². The minimum Gasteiger partial charge on any atom is -0.421 e. The molecular weight excluding hydrogens is 436 g/mol. The van der Waals surface area contributed by atoms with Gasteiger partial charge in [-0.25, -0.2) is 9.78 Å². The molecule has 0 N–H and O–H groups in total. The number of hydrogen-bond acceptors (Lipinski definition) is 5. The molecule has 0 aliphatic heterocycles. The third-order valence-electron chi connectivity index (χ3n) is 3.97. The molecule has 0 atom stereocenters. The number of carbonyl (C=O) groups excluding carboxylic acids is 1. The molecule has 2 aromatic carbocycles. The third kappa shape index (κ3) is 4.11. The van der Waals surface area contributed by atoms with Crippen LogP contribution in [0.1, 0.15) is 16.1 Å². The maximum atomic E-state index is 11.9. The van der Waals surface area contributed by atoms with Crippen molar-refractivity contribution < 1.29 is 9.53 Å². The predicted octanol–water partition coefficient (Wildman–Crippen LogP) is 6.00. The molecule has 28 heavy (non-hydrogen) atoms. The first kappa shape index (κ1) is 19.7. The molecule has 0 spiro atoms. The SMILES string of the molecule is C=CC(=O)O/C(=C(\C#N)c1nc(-c2ccccc2C)cs1)c1ccccc1Br. The van der Waals surface area contributed by atoms with E-state index < -0.39 is 5.97 Å². The van der Waals surface area contributed by atoms with E-state index in [0.29, 0.717) is 15.0 Å². The van der Waals surface area contributed by atoms with E-state index in [-0.39, 0.29) is 11.3 Å². The average Bonchev–Trinajstić information content (AvgIpc) is 3.18. The van der Waals surface area contributed by atoms with Crippen LogP contribution in [0.15, 0.2) is 71.0 Å². The van der Waals surface area contributed by atoms with Crippen molar-refractivity contribution in [3.05, 3.63) is 87.2 Å². The maximum absolute atomic E-state index is 11.9. The number of allylic oxidation sites excluding steroid dienone is 1. The van der Waals surface area contributed by atoms with Gasteiger partial charge in [0.05, 0.1) is 5.69 Å². The summed E-state index contributed by atoms with van der Waals surface area (Å²) in [6.45, 7) is 5.44. The molecule has 0 amide bonds. The Morgan fingerprint density at radius 2 is 1.96 bits per heavy atom. The van der Waals surface area contributed by atoms with Crippen LogP contribution < -0.4 is 0 Å². The number of aryl methyl sites for hydroxylation is 1. The van der Waals surface area contributed by atoms with Gasteiger partial charge in [-0.2, -0.15) is 5.26 Å². The van der Waals surface area contributed by atoms with Crippen LogP contribution >= 0.6 is 27.3 Å². The molecule has 1 aromatic heterocycles. The normalized spacial score (nSPS) is 11.3. The largest absolute Gasteiger partial charge is 0.421 e. The lowest BCUT2D eigenvalue weighted by atomic mass is 10.1. The number of ether oxygens (including phenoxy) is 1. The maximum Gasteiger partial charge on any atom is 0.335 e. The van der Waals surface area contributed by atoms with Crippen LogP contribution in [0.25, 0.3) is 22.6 Å². The lowest BCUT2D eigenvalue weighted by molar-refractivity contribution is -0.131. The Balaban J connectivity index is 2.17. The molecule has 0 unspecified atom stereocenters. The van der Waals surface area contributed by atoms with Crippen molar-refractivity contribution in [3.8, 4) is 17.3 Å². The summed E-state index contributed by atoms with van der Waals surface area (Å²) in [6.07, 6.45) is 1.06. The monoisotopic (exact) mass is 450 g/mol. The van der Waals surface area contributed by atoms with Crippen LogP contribution in [-0.2, 0) is 9.53 Å². The Bertz CT molecular complexity index is 1130. The van der Waals surface area contributed by atoms with Crippen LogP contribution in [0.3, 0.4) is 0 Å². The van der Waals surface area contributed by atoms with Gasteiger partial charge in [-0.05, 0) is 18.6 Å². The molecule has 3 aromatic rings. The second kappa shape index (κ2) is 8.79. The van der Waals surface area contributed by atoms with Gasteiger partial charge < -0.3 is 4.74 Å². The standard InChI is InChI=1S/C22H15BrN2O2S/c1-3-20(26)27-21(16-10-6-7-11-18(16)23)17(12-24)22-25-19(13-28-22)15-9-5-4-8-14(15)2/h3-11,13H,1H2,2H3/b21-17+. The number of nitrogens with zero attached hydrogens (tertiary/aromatic N) is 2. The number of hydrogen-bond donors (Lipinski definition) is 0. The molecule has 1 heterocycles. The fraction of sp³-hybridized carbons (Fsp3) is 0.0455. The molecule has 4 nitrogen and oxygen atoms in total. The van der Waals surface area contributed by atoms with Crippen LogP contribution in [0, 0.1) is 18.3 Å². The molecule has 0 aliphatic carbocycles. The quantitative estimate of drug-likeness (QED) is 0.207. The van der Waals surface area contributed by atoms with E-state index in [2.05, 4.69) is 33.6 Å². The highest BCUT2D eigenvalue weighted by Gasteiger charge is 2.21. The number of carbonyl (C=O) groups is 1. The highest BCUT2D eigenvalue weighted by molar-refractivity contribution is 9.10. The van der Waals surface area contributed by atoms with Crippen molar-refractivity contribution in [3.63, 3.8) is 0 Å². The Hall–Kier alpha value is -3.01. The fourth-order valence-corrected chi connectivity index (χ4v) is 3.87. The fourth-order valence-electron chi connectivity index (χ4n) is 2.60. The second-order valence-electron chi connectivity index (χ2n) is 5.77. The van der Waals surface area contributed by atoms with E-state index in [9.17, 15) is 10.1 Å². The number of halogens is 1. The van der Waals surface area contributed by atoms with E-state index in [0.717, 1.165) is 22.9 Å². The summed E-state index contributed by atoms with van der Waals surface area (Å²) in [7, 11) is 0. The van der Waals surface area contributed by atoms with Crippen LogP contribution in [0.5, 0.6) is 0 Å². The van der Waals surface area contributed by atoms with Crippen molar-refractivity contribution in [1.29, 1.82) is 5.26 Å². The number of nitriles is 1. The van der Waals surface area contributed by atoms with E-state index in [4.69, 9.17) is 4.74 Å². The van der Waals surface area contributed by atoms with Gasteiger partial charge in [-0.15, -0.1) is 11.3 Å². The Kier molecular flexibility index (Phi) is 6.19. The summed E-state index contributed by atoms with van der Waals surface area (Å²) in [5.74, 6) is -0.500. The zero-order chi connectivity index (χ0) is 20.1. The van der Waals surface area contributed by atoms with Crippen molar-refractivity contribution in [2.45, 2.75) is 6.92 Å². The molecular formula is C22H15BrN2O2S. The minimum absolute atomic E-state index is 0.144. The van der Waals surface area contributed by atoms with E-state index in [1.54, 1.807) is 12.1 Å². The number of thiazole rings is 1. The molecule has 0 saturated carbocycles. The van der Waals surface area contributed by atoms with E-state index >= 15 is 0 Å². The van der Waals surface area contributed by atoms with Crippen molar-refractivity contribution in [1.82, 2.24) is 4.98 Å². The number of rotatable bonds is 5. The lowest BCUT2D eigenvalue weighted by Crippen LogP contribution is -2.03. The lowest BCUT2D eigenvalue weighted by Gasteiger charge is -2.11. The van der Waals surface area contributed by atoms with Crippen molar-refractivity contribution in [2.24, 2.45) is 0 Å². The third-order valence-corrected chi connectivity index (χ3v) is 5.52. The Morgan fingerprint density at radius 3 is 2.64 bits per heavy atom. The highest BCUT2D eigenvalue weighted by Crippen LogP contribution is 2.35. The van der Waals surface area contributed by atoms with E-state index in [1.807, 2.05) is 48.7 Å². The van der Waals surface area contributed by atoms with Gasteiger partial charge in [0.1, 0.15) is 16.6 Å². The van der Waals surface area contributed by atoms with Crippen molar-refractivity contribution >= 4 is 44.6 Å². The van der Waals surface area contributed by atoms with Crippen LogP contribution in [-0.4, -0.2) is 11.0 Å². The smallest absolute Gasteiger partial charge is 0.335 e. The van der Waals surface area contributed by atoms with Gasteiger partial charge in [0.2, 0.25) is 0 Å². The number of aromatic nitrogens is 1. The molecule has 0 fully saturated rings. The molecule has 6 heteroatoms. The van der Waals surface area contributed by atoms with Gasteiger partial charge >= 0.3 is 5.97 Å². The van der Waals surface area contributed by atoms with Gasteiger partial charge in [0, 0.05) is 27.1 Å². The summed E-state index contributed by atoms with van der Waals surface area (Å²) >= 11 is 4.78. The second-order valence-corrected chi connectivity index (χ2v) is 7.49. The minimum atomic E-state index is -0.644. The zero-order valence-corrected chi connectivity index (χ0v) is 17.4. The van der Waals surface area contributed by atoms with Gasteiger partial charge in [0.15, 0.2) is 5.76 Å². The molecule has 138 valence electrons. The summed E-state index contributed by atoms with van der Waals surface area (Å²) in [5.41, 5.74) is 3.62. The molecule has 3 rings (SSSR count). The predicted molar refractivity (Wildman–Crippen MR) is 115 cm³/mol. The highest BCUT2D eigenvalue weighted by atomic mass is 79.9. The first-order valence-corrected chi connectivity index (χ1v) is 9.97. The summed E-state index contributed by atoms with van der Waals surface area (Å²) in [4.78, 5) is 16.5. The Labute approximate surface area is 175 Å². The summed E-state index contributed by atoms with van der Waals surface area (Å²) in [6, 6.07) is 17.3. The van der Waals surface area contributed by atoms with Crippen LogP contribution in [0.2, 0.25) is 0 Å².